The first kappa shape index (κ1) is 12.4. The normalized spacial score (nSPS) is 12.4. The van der Waals surface area contributed by atoms with Crippen molar-refractivity contribution in [2.75, 3.05) is 0 Å². The molecule has 0 radical (unpaired) electrons. The molecule has 0 saturated heterocycles. The second-order valence-corrected chi connectivity index (χ2v) is 4.69. The zero-order chi connectivity index (χ0) is 12.3. The van der Waals surface area contributed by atoms with E-state index >= 15 is 0 Å². The fraction of sp³-hybridized carbons (Fsp3) is 0.0909. The molecule has 0 aliphatic rings. The summed E-state index contributed by atoms with van der Waals surface area (Å²) < 4.78 is 0.874. The van der Waals surface area contributed by atoms with Crippen LogP contribution in [0.4, 0.5) is 0 Å². The number of hydrogen-bond donors (Lipinski definition) is 2. The Morgan fingerprint density at radius 1 is 1.35 bits per heavy atom. The second kappa shape index (κ2) is 5.55. The quantitative estimate of drug-likeness (QED) is 0.675. The molecular formula is C11H10BrClN4. The van der Waals surface area contributed by atoms with Crippen LogP contribution in [0, 0.1) is 0 Å². The Bertz CT molecular complexity index is 506. The van der Waals surface area contributed by atoms with E-state index in [0.717, 1.165) is 15.7 Å². The van der Waals surface area contributed by atoms with Gasteiger partial charge in [-0.3, -0.25) is 15.8 Å². The predicted octanol–water partition coefficient (Wildman–Crippen LogP) is 2.45. The average Bonchev–Trinajstić information content (AvgIpc) is 2.34. The highest BCUT2D eigenvalue weighted by Crippen LogP contribution is 2.29. The van der Waals surface area contributed by atoms with Crippen molar-refractivity contribution >= 4 is 27.5 Å². The van der Waals surface area contributed by atoms with E-state index < -0.39 is 0 Å². The molecule has 6 heteroatoms. The molecule has 0 aliphatic carbocycles. The third-order valence-corrected chi connectivity index (χ3v) is 3.24. The number of benzene rings is 1. The van der Waals surface area contributed by atoms with Gasteiger partial charge in [0.25, 0.3) is 0 Å². The van der Waals surface area contributed by atoms with Gasteiger partial charge in [-0.25, -0.2) is 5.43 Å². The van der Waals surface area contributed by atoms with Gasteiger partial charge in [0, 0.05) is 21.9 Å². The first-order chi connectivity index (χ1) is 8.22. The van der Waals surface area contributed by atoms with Gasteiger partial charge in [-0.15, -0.1) is 0 Å². The lowest BCUT2D eigenvalue weighted by molar-refractivity contribution is 0.615. The number of hydrogen-bond acceptors (Lipinski definition) is 4. The molecule has 1 aromatic carbocycles. The van der Waals surface area contributed by atoms with Crippen LogP contribution in [0.3, 0.4) is 0 Å². The van der Waals surface area contributed by atoms with Crippen molar-refractivity contribution in [3.05, 3.63) is 57.5 Å². The lowest BCUT2D eigenvalue weighted by Gasteiger charge is -2.16. The van der Waals surface area contributed by atoms with Crippen molar-refractivity contribution in [2.45, 2.75) is 6.04 Å². The van der Waals surface area contributed by atoms with Gasteiger partial charge in [-0.2, -0.15) is 0 Å². The zero-order valence-corrected chi connectivity index (χ0v) is 11.1. The Morgan fingerprint density at radius 3 is 2.76 bits per heavy atom. The van der Waals surface area contributed by atoms with Crippen LogP contribution in [0.2, 0.25) is 5.02 Å². The first-order valence-corrected chi connectivity index (χ1v) is 6.06. The largest absolute Gasteiger partial charge is 0.271 e. The van der Waals surface area contributed by atoms with Crippen LogP contribution in [0.1, 0.15) is 17.3 Å². The highest BCUT2D eigenvalue weighted by molar-refractivity contribution is 9.10. The molecule has 0 saturated carbocycles. The number of nitrogens with one attached hydrogen (secondary N) is 1. The van der Waals surface area contributed by atoms with Gasteiger partial charge in [0.2, 0.25) is 0 Å². The Morgan fingerprint density at radius 2 is 2.18 bits per heavy atom. The van der Waals surface area contributed by atoms with E-state index in [1.165, 1.54) is 0 Å². The van der Waals surface area contributed by atoms with E-state index in [1.807, 2.05) is 18.2 Å². The molecule has 0 bridgehead atoms. The molecule has 1 aromatic heterocycles. The van der Waals surface area contributed by atoms with Gasteiger partial charge < -0.3 is 0 Å². The van der Waals surface area contributed by atoms with Gasteiger partial charge in [0.1, 0.15) is 0 Å². The van der Waals surface area contributed by atoms with E-state index in [1.54, 1.807) is 18.6 Å². The Kier molecular flexibility index (Phi) is 4.06. The third-order valence-electron chi connectivity index (χ3n) is 2.32. The average molecular weight is 314 g/mol. The summed E-state index contributed by atoms with van der Waals surface area (Å²) in [7, 11) is 0. The fourth-order valence-corrected chi connectivity index (χ4v) is 2.44. The molecule has 1 unspecified atom stereocenters. The van der Waals surface area contributed by atoms with Gasteiger partial charge in [0.15, 0.2) is 0 Å². The summed E-state index contributed by atoms with van der Waals surface area (Å²) in [5.74, 6) is 5.57. The fourth-order valence-electron chi connectivity index (χ4n) is 1.53. The molecule has 17 heavy (non-hydrogen) atoms. The van der Waals surface area contributed by atoms with E-state index in [-0.39, 0.29) is 6.04 Å². The number of rotatable bonds is 3. The second-order valence-electron chi connectivity index (χ2n) is 3.40. The van der Waals surface area contributed by atoms with Crippen LogP contribution in [-0.4, -0.2) is 9.97 Å². The van der Waals surface area contributed by atoms with Crippen LogP contribution < -0.4 is 11.3 Å². The highest BCUT2D eigenvalue weighted by Gasteiger charge is 2.16. The number of nitrogens with two attached hydrogens (primary N) is 1. The van der Waals surface area contributed by atoms with Crippen molar-refractivity contribution in [1.82, 2.24) is 15.4 Å². The summed E-state index contributed by atoms with van der Waals surface area (Å²) in [5, 5.41) is 0.663. The first-order valence-electron chi connectivity index (χ1n) is 4.89. The molecule has 0 amide bonds. The molecule has 0 spiro atoms. The summed E-state index contributed by atoms with van der Waals surface area (Å²) >= 11 is 9.36. The standard InChI is InChI=1S/C11H10BrClN4/c12-9-5-7(13)1-2-8(9)11(17-14)10-6-15-3-4-16-10/h1-6,11,17H,14H2. The Labute approximate surface area is 112 Å². The Balaban J connectivity index is 2.42. The van der Waals surface area contributed by atoms with E-state index in [9.17, 15) is 0 Å². The van der Waals surface area contributed by atoms with Crippen LogP contribution in [0.5, 0.6) is 0 Å². The zero-order valence-electron chi connectivity index (χ0n) is 8.77. The summed E-state index contributed by atoms with van der Waals surface area (Å²) in [4.78, 5) is 8.26. The SMILES string of the molecule is NNC(c1cnccn1)c1ccc(Cl)cc1Br. The van der Waals surface area contributed by atoms with E-state index in [2.05, 4.69) is 31.3 Å². The summed E-state index contributed by atoms with van der Waals surface area (Å²) in [6.07, 6.45) is 4.92. The molecular weight excluding hydrogens is 304 g/mol. The molecule has 1 heterocycles. The smallest absolute Gasteiger partial charge is 0.0907 e. The van der Waals surface area contributed by atoms with E-state index in [4.69, 9.17) is 17.4 Å². The van der Waals surface area contributed by atoms with Gasteiger partial charge in [0.05, 0.1) is 17.9 Å². The van der Waals surface area contributed by atoms with Gasteiger partial charge in [-0.1, -0.05) is 33.6 Å². The molecule has 1 atom stereocenters. The molecule has 0 fully saturated rings. The predicted molar refractivity (Wildman–Crippen MR) is 70.4 cm³/mol. The number of hydrazine groups is 1. The molecule has 2 aromatic rings. The van der Waals surface area contributed by atoms with Crippen molar-refractivity contribution in [2.24, 2.45) is 5.84 Å². The van der Waals surface area contributed by atoms with Crippen LogP contribution in [0.15, 0.2) is 41.3 Å². The van der Waals surface area contributed by atoms with Crippen molar-refractivity contribution < 1.29 is 0 Å². The summed E-state index contributed by atoms with van der Waals surface area (Å²) in [6.45, 7) is 0. The maximum absolute atomic E-state index is 5.90. The third kappa shape index (κ3) is 2.81. The number of halogens is 2. The van der Waals surface area contributed by atoms with Crippen LogP contribution in [-0.2, 0) is 0 Å². The van der Waals surface area contributed by atoms with Crippen molar-refractivity contribution in [1.29, 1.82) is 0 Å². The van der Waals surface area contributed by atoms with E-state index in [0.29, 0.717) is 5.02 Å². The van der Waals surface area contributed by atoms with Gasteiger partial charge >= 0.3 is 0 Å². The molecule has 4 nitrogen and oxygen atoms in total. The minimum atomic E-state index is -0.227. The summed E-state index contributed by atoms with van der Waals surface area (Å²) in [5.41, 5.74) is 4.42. The Hall–Kier alpha value is -1.01. The topological polar surface area (TPSA) is 63.8 Å². The molecule has 3 N–H and O–H groups in total. The number of nitrogens with zero attached hydrogens (tertiary/aromatic N) is 2. The highest BCUT2D eigenvalue weighted by atomic mass is 79.9. The van der Waals surface area contributed by atoms with Crippen molar-refractivity contribution in [3.63, 3.8) is 0 Å². The lowest BCUT2D eigenvalue weighted by Crippen LogP contribution is -2.29. The van der Waals surface area contributed by atoms with Crippen molar-refractivity contribution in [3.8, 4) is 0 Å². The van der Waals surface area contributed by atoms with Gasteiger partial charge in [-0.05, 0) is 17.7 Å². The van der Waals surface area contributed by atoms with Crippen LogP contribution >= 0.6 is 27.5 Å². The molecule has 2 rings (SSSR count). The molecule has 0 aliphatic heterocycles. The minimum Gasteiger partial charge on any atom is -0.271 e. The maximum Gasteiger partial charge on any atom is 0.0907 e. The minimum absolute atomic E-state index is 0.227. The molecule has 88 valence electrons. The maximum atomic E-state index is 5.90. The van der Waals surface area contributed by atoms with Crippen LogP contribution in [0.25, 0.3) is 0 Å². The summed E-state index contributed by atoms with van der Waals surface area (Å²) in [6, 6.07) is 5.29. The monoisotopic (exact) mass is 312 g/mol. The number of aromatic nitrogens is 2. The lowest BCUT2D eigenvalue weighted by atomic mass is 10.1.